The van der Waals surface area contributed by atoms with Crippen molar-refractivity contribution in [2.24, 2.45) is 5.92 Å². The van der Waals surface area contributed by atoms with Crippen LogP contribution in [0.3, 0.4) is 0 Å². The fourth-order valence-electron chi connectivity index (χ4n) is 2.97. The topological polar surface area (TPSA) is 56.2 Å². The largest absolute Gasteiger partial charge is 0.468 e. The summed E-state index contributed by atoms with van der Waals surface area (Å²) in [5, 5.41) is 8.19. The van der Waals surface area contributed by atoms with Crippen LogP contribution in [-0.4, -0.2) is 21.7 Å². The van der Waals surface area contributed by atoms with E-state index in [1.165, 1.54) is 4.68 Å². The number of hydrogen-bond acceptors (Lipinski definition) is 3. The highest BCUT2D eigenvalue weighted by Crippen LogP contribution is 2.32. The molecular weight excluding hydrogens is 361 g/mol. The molecule has 7 heteroatoms. The summed E-state index contributed by atoms with van der Waals surface area (Å²) in [5.41, 5.74) is 0.382. The fourth-order valence-corrected chi connectivity index (χ4v) is 3.48. The van der Waals surface area contributed by atoms with Gasteiger partial charge in [0, 0.05) is 12.2 Å². The number of nitrogens with one attached hydrogen (secondary N) is 1. The lowest BCUT2D eigenvalue weighted by molar-refractivity contribution is 0.0916. The number of carbonyl (C=O) groups excluding carboxylic acids is 1. The molecular formula is C18H21Cl2N3O2. The molecule has 134 valence electrons. The molecule has 25 heavy (non-hydrogen) atoms. The van der Waals surface area contributed by atoms with Crippen molar-refractivity contribution in [3.63, 3.8) is 0 Å². The Morgan fingerprint density at radius 3 is 2.60 bits per heavy atom. The van der Waals surface area contributed by atoms with Crippen molar-refractivity contribution in [3.8, 4) is 5.75 Å². The highest BCUT2D eigenvalue weighted by Gasteiger charge is 2.21. The van der Waals surface area contributed by atoms with E-state index in [1.54, 1.807) is 30.5 Å². The predicted molar refractivity (Wildman–Crippen MR) is 98.2 cm³/mol. The van der Waals surface area contributed by atoms with Crippen molar-refractivity contribution in [2.75, 3.05) is 0 Å². The number of halogens is 2. The Morgan fingerprint density at radius 1 is 1.24 bits per heavy atom. The Labute approximate surface area is 157 Å². The average molecular weight is 382 g/mol. The van der Waals surface area contributed by atoms with E-state index in [9.17, 15) is 4.79 Å². The molecule has 0 spiro atoms. The van der Waals surface area contributed by atoms with E-state index in [1.807, 2.05) is 0 Å². The van der Waals surface area contributed by atoms with Crippen molar-refractivity contribution in [1.29, 1.82) is 0 Å². The molecule has 0 saturated heterocycles. The number of rotatable bonds is 5. The van der Waals surface area contributed by atoms with Crippen LogP contribution in [0.15, 0.2) is 30.5 Å². The van der Waals surface area contributed by atoms with E-state index >= 15 is 0 Å². The third-order valence-corrected chi connectivity index (χ3v) is 5.08. The van der Waals surface area contributed by atoms with E-state index < -0.39 is 0 Å². The molecule has 1 aliphatic carbocycles. The first-order valence-electron chi connectivity index (χ1n) is 8.44. The Balaban J connectivity index is 1.56. The van der Waals surface area contributed by atoms with Crippen LogP contribution in [-0.2, 0) is 6.73 Å². The van der Waals surface area contributed by atoms with Gasteiger partial charge in [-0.1, -0.05) is 36.2 Å². The molecule has 3 rings (SSSR count). The molecule has 0 unspecified atom stereocenters. The van der Waals surface area contributed by atoms with Crippen molar-refractivity contribution < 1.29 is 9.53 Å². The molecule has 1 saturated carbocycles. The molecule has 1 heterocycles. The third kappa shape index (κ3) is 4.67. The average Bonchev–Trinajstić information content (AvgIpc) is 3.06. The molecule has 0 atom stereocenters. The molecule has 0 radical (unpaired) electrons. The summed E-state index contributed by atoms with van der Waals surface area (Å²) in [7, 11) is 0. The lowest BCUT2D eigenvalue weighted by atomic mass is 9.87. The molecule has 0 bridgehead atoms. The quantitative estimate of drug-likeness (QED) is 0.826. The summed E-state index contributed by atoms with van der Waals surface area (Å²) < 4.78 is 7.15. The van der Waals surface area contributed by atoms with Gasteiger partial charge >= 0.3 is 0 Å². The highest BCUT2D eigenvalue weighted by molar-refractivity contribution is 6.37. The van der Waals surface area contributed by atoms with Crippen molar-refractivity contribution in [1.82, 2.24) is 15.1 Å². The first-order chi connectivity index (χ1) is 12.0. The summed E-state index contributed by atoms with van der Waals surface area (Å²) in [6.07, 6.45) is 6.07. The second-order valence-electron chi connectivity index (χ2n) is 6.49. The number of amides is 1. The maximum Gasteiger partial charge on any atom is 0.271 e. The molecule has 1 amide bonds. The normalized spacial score (nSPS) is 20.3. The van der Waals surface area contributed by atoms with Crippen LogP contribution in [0.4, 0.5) is 0 Å². The first-order valence-corrected chi connectivity index (χ1v) is 9.19. The van der Waals surface area contributed by atoms with Crippen molar-refractivity contribution in [3.05, 3.63) is 46.2 Å². The van der Waals surface area contributed by atoms with Gasteiger partial charge in [-0.25, -0.2) is 4.68 Å². The maximum atomic E-state index is 12.3. The highest BCUT2D eigenvalue weighted by atomic mass is 35.5. The van der Waals surface area contributed by atoms with Gasteiger partial charge in [0.2, 0.25) is 0 Å². The minimum atomic E-state index is -0.144. The zero-order valence-corrected chi connectivity index (χ0v) is 15.6. The SMILES string of the molecule is CC1CCC(NC(=O)c2ccn(COc3c(Cl)cccc3Cl)n2)CC1. The summed E-state index contributed by atoms with van der Waals surface area (Å²) in [6, 6.07) is 7.08. The van der Waals surface area contributed by atoms with Crippen LogP contribution in [0, 0.1) is 5.92 Å². The van der Waals surface area contributed by atoms with Gasteiger partial charge < -0.3 is 10.1 Å². The van der Waals surface area contributed by atoms with E-state index in [4.69, 9.17) is 27.9 Å². The maximum absolute atomic E-state index is 12.3. The Bertz CT molecular complexity index is 719. The van der Waals surface area contributed by atoms with Crippen LogP contribution in [0.5, 0.6) is 5.75 Å². The number of ether oxygens (including phenoxy) is 1. The number of benzene rings is 1. The van der Waals surface area contributed by atoms with Gasteiger partial charge in [0.1, 0.15) is 5.69 Å². The summed E-state index contributed by atoms with van der Waals surface area (Å²) in [5.74, 6) is 1.01. The first kappa shape index (κ1) is 18.1. The standard InChI is InChI=1S/C18H21Cl2N3O2/c1-12-5-7-13(8-6-12)21-18(24)16-9-10-23(22-16)11-25-17-14(19)3-2-4-15(17)20/h2-4,9-10,12-13H,5-8,11H2,1H3,(H,21,24). The second kappa shape index (κ2) is 8.11. The van der Waals surface area contributed by atoms with Crippen LogP contribution in [0.25, 0.3) is 0 Å². The number of nitrogens with zero attached hydrogens (tertiary/aromatic N) is 2. The van der Waals surface area contributed by atoms with Crippen LogP contribution < -0.4 is 10.1 Å². The lowest BCUT2D eigenvalue weighted by Crippen LogP contribution is -2.37. The summed E-state index contributed by atoms with van der Waals surface area (Å²) in [6.45, 7) is 2.38. The predicted octanol–water partition coefficient (Wildman–Crippen LogP) is 4.53. The molecule has 1 aliphatic rings. The number of para-hydroxylation sites is 1. The third-order valence-electron chi connectivity index (χ3n) is 4.48. The van der Waals surface area contributed by atoms with Gasteiger partial charge in [0.15, 0.2) is 12.5 Å². The molecule has 5 nitrogen and oxygen atoms in total. The van der Waals surface area contributed by atoms with Crippen molar-refractivity contribution in [2.45, 2.75) is 45.4 Å². The Hall–Kier alpha value is -1.72. The van der Waals surface area contributed by atoms with E-state index in [2.05, 4.69) is 17.3 Å². The number of hydrogen-bond donors (Lipinski definition) is 1. The molecule has 1 fully saturated rings. The Morgan fingerprint density at radius 2 is 1.92 bits per heavy atom. The fraction of sp³-hybridized carbons (Fsp3) is 0.444. The molecule has 1 N–H and O–H groups in total. The number of carbonyl (C=O) groups is 1. The zero-order valence-electron chi connectivity index (χ0n) is 14.0. The van der Waals surface area contributed by atoms with Gasteiger partial charge in [-0.05, 0) is 49.8 Å². The monoisotopic (exact) mass is 381 g/mol. The smallest absolute Gasteiger partial charge is 0.271 e. The molecule has 0 aliphatic heterocycles. The molecule has 1 aromatic carbocycles. The van der Waals surface area contributed by atoms with Crippen LogP contribution in [0.1, 0.15) is 43.1 Å². The van der Waals surface area contributed by atoms with E-state index in [-0.39, 0.29) is 18.7 Å². The minimum Gasteiger partial charge on any atom is -0.468 e. The second-order valence-corrected chi connectivity index (χ2v) is 7.31. The van der Waals surface area contributed by atoms with E-state index in [0.717, 1.165) is 31.6 Å². The molecule has 2 aromatic rings. The van der Waals surface area contributed by atoms with Crippen LogP contribution in [0.2, 0.25) is 10.0 Å². The van der Waals surface area contributed by atoms with Gasteiger partial charge in [0.25, 0.3) is 5.91 Å². The van der Waals surface area contributed by atoms with Crippen molar-refractivity contribution >= 4 is 29.1 Å². The summed E-state index contributed by atoms with van der Waals surface area (Å²) >= 11 is 12.1. The number of aromatic nitrogens is 2. The van der Waals surface area contributed by atoms with Gasteiger partial charge in [-0.3, -0.25) is 4.79 Å². The lowest BCUT2D eigenvalue weighted by Gasteiger charge is -2.26. The van der Waals surface area contributed by atoms with Gasteiger partial charge in [-0.15, -0.1) is 0 Å². The minimum absolute atomic E-state index is 0.123. The van der Waals surface area contributed by atoms with Gasteiger partial charge in [0.05, 0.1) is 10.0 Å². The zero-order chi connectivity index (χ0) is 17.8. The van der Waals surface area contributed by atoms with Crippen LogP contribution >= 0.6 is 23.2 Å². The van der Waals surface area contributed by atoms with Gasteiger partial charge in [-0.2, -0.15) is 5.10 Å². The summed E-state index contributed by atoms with van der Waals surface area (Å²) in [4.78, 5) is 12.3. The molecule has 1 aromatic heterocycles. The Kier molecular flexibility index (Phi) is 5.86. The van der Waals surface area contributed by atoms with E-state index in [0.29, 0.717) is 21.5 Å².